The van der Waals surface area contributed by atoms with Crippen LogP contribution in [-0.4, -0.2) is 46.2 Å². The minimum Gasteiger partial charge on any atom is -0.496 e. The molecule has 37 heavy (non-hydrogen) atoms. The Hall–Kier alpha value is -3.74. The van der Waals surface area contributed by atoms with E-state index in [0.29, 0.717) is 6.07 Å². The number of aliphatic hydroxyl groups is 1. The number of alkyl halides is 3. The van der Waals surface area contributed by atoms with Crippen LogP contribution >= 0.6 is 0 Å². The molecule has 1 amide bonds. The van der Waals surface area contributed by atoms with Crippen LogP contribution in [-0.2, 0) is 5.41 Å². The quantitative estimate of drug-likeness (QED) is 0.378. The lowest BCUT2D eigenvalue weighted by Gasteiger charge is -2.38. The van der Waals surface area contributed by atoms with Crippen molar-refractivity contribution in [3.63, 3.8) is 0 Å². The van der Waals surface area contributed by atoms with E-state index < -0.39 is 64.9 Å². The SMILES string of the molecule is COc1ccc(F)cc1C(C)(C)CC(O)(CNC(=O)c1cnn(-c2ccc(F)cc2F)c1N)C(F)(F)F. The molecule has 3 rings (SSSR count). The second kappa shape index (κ2) is 9.96. The van der Waals surface area contributed by atoms with Crippen LogP contribution in [0.2, 0.25) is 0 Å². The van der Waals surface area contributed by atoms with Crippen LogP contribution in [0.3, 0.4) is 0 Å². The summed E-state index contributed by atoms with van der Waals surface area (Å²) in [6.45, 7) is 1.44. The summed E-state index contributed by atoms with van der Waals surface area (Å²) < 4.78 is 89.1. The molecular weight excluding hydrogens is 506 g/mol. The molecule has 0 radical (unpaired) electrons. The second-order valence-electron chi connectivity index (χ2n) is 9.07. The summed E-state index contributed by atoms with van der Waals surface area (Å²) >= 11 is 0. The minimum absolute atomic E-state index is 0.0795. The number of amides is 1. The highest BCUT2D eigenvalue weighted by Gasteiger charge is 2.56. The Kier molecular flexibility index (Phi) is 7.49. The van der Waals surface area contributed by atoms with Crippen molar-refractivity contribution in [2.75, 3.05) is 19.4 Å². The summed E-state index contributed by atoms with van der Waals surface area (Å²) in [7, 11) is 1.27. The van der Waals surface area contributed by atoms with Gasteiger partial charge in [-0.25, -0.2) is 17.9 Å². The van der Waals surface area contributed by atoms with E-state index in [2.05, 4.69) is 5.10 Å². The highest BCUT2D eigenvalue weighted by Crippen LogP contribution is 2.43. The molecule has 0 fully saturated rings. The van der Waals surface area contributed by atoms with Crippen LogP contribution in [0.5, 0.6) is 5.75 Å². The van der Waals surface area contributed by atoms with Gasteiger partial charge in [0.25, 0.3) is 5.91 Å². The lowest BCUT2D eigenvalue weighted by Crippen LogP contribution is -2.56. The van der Waals surface area contributed by atoms with Gasteiger partial charge >= 0.3 is 6.18 Å². The Morgan fingerprint density at radius 1 is 1.11 bits per heavy atom. The van der Waals surface area contributed by atoms with Crippen LogP contribution in [0.1, 0.15) is 36.2 Å². The lowest BCUT2D eigenvalue weighted by molar-refractivity contribution is -0.263. The molecule has 0 aliphatic carbocycles. The number of nitrogens with zero attached hydrogens (tertiary/aromatic N) is 2. The van der Waals surface area contributed by atoms with Gasteiger partial charge in [-0.15, -0.1) is 0 Å². The second-order valence-corrected chi connectivity index (χ2v) is 9.07. The lowest BCUT2D eigenvalue weighted by atomic mass is 9.74. The third kappa shape index (κ3) is 5.66. The third-order valence-corrected chi connectivity index (χ3v) is 5.88. The number of benzene rings is 2. The predicted molar refractivity (Wildman–Crippen MR) is 122 cm³/mol. The normalized spacial score (nSPS) is 13.8. The average molecular weight is 530 g/mol. The molecule has 3 aromatic rings. The molecular formula is C24H24F6N4O3. The van der Waals surface area contributed by atoms with Crippen molar-refractivity contribution in [3.8, 4) is 11.4 Å². The Labute approximate surface area is 207 Å². The molecule has 4 N–H and O–H groups in total. The van der Waals surface area contributed by atoms with E-state index in [-0.39, 0.29) is 17.0 Å². The summed E-state index contributed by atoms with van der Waals surface area (Å²) in [6, 6.07) is 5.86. The van der Waals surface area contributed by atoms with Gasteiger partial charge in [0, 0.05) is 11.6 Å². The molecule has 0 spiro atoms. The minimum atomic E-state index is -5.20. The van der Waals surface area contributed by atoms with Gasteiger partial charge in [0.2, 0.25) is 0 Å². The van der Waals surface area contributed by atoms with Crippen LogP contribution in [0.4, 0.5) is 32.2 Å². The standard InChI is InChI=1S/C24H24F6N4O3/c1-22(2,16-8-13(25)5-7-19(16)37-3)11-23(36,24(28,29)30)12-32-21(35)15-10-33-34(20(15)31)18-6-4-14(26)9-17(18)27/h4-10,36H,11-12,31H2,1-3H3,(H,32,35). The fourth-order valence-electron chi connectivity index (χ4n) is 4.00. The van der Waals surface area contributed by atoms with Gasteiger partial charge in [-0.05, 0) is 42.2 Å². The maximum Gasteiger partial charge on any atom is 0.418 e. The summed E-state index contributed by atoms with van der Waals surface area (Å²) in [6.07, 6.45) is -5.29. The smallest absolute Gasteiger partial charge is 0.418 e. The van der Waals surface area contributed by atoms with Crippen molar-refractivity contribution in [3.05, 3.63) is 71.2 Å². The van der Waals surface area contributed by atoms with E-state index in [1.54, 1.807) is 0 Å². The van der Waals surface area contributed by atoms with E-state index in [0.717, 1.165) is 35.1 Å². The van der Waals surface area contributed by atoms with Gasteiger partial charge in [-0.3, -0.25) is 4.79 Å². The molecule has 1 unspecified atom stereocenters. The number of hydrogen-bond donors (Lipinski definition) is 3. The number of ether oxygens (including phenoxy) is 1. The zero-order valence-corrected chi connectivity index (χ0v) is 20.0. The van der Waals surface area contributed by atoms with E-state index in [1.807, 2.05) is 5.32 Å². The summed E-state index contributed by atoms with van der Waals surface area (Å²) in [5, 5.41) is 16.4. The topological polar surface area (TPSA) is 102 Å². The van der Waals surface area contributed by atoms with Crippen molar-refractivity contribution < 1.29 is 41.0 Å². The Balaban J connectivity index is 1.86. The molecule has 2 aromatic carbocycles. The number of rotatable bonds is 8. The van der Waals surface area contributed by atoms with E-state index in [4.69, 9.17) is 10.5 Å². The summed E-state index contributed by atoms with van der Waals surface area (Å²) in [5.41, 5.74) is 0.305. The number of anilines is 1. The van der Waals surface area contributed by atoms with Gasteiger partial charge in [-0.1, -0.05) is 13.8 Å². The van der Waals surface area contributed by atoms with Gasteiger partial charge < -0.3 is 20.9 Å². The van der Waals surface area contributed by atoms with Crippen molar-refractivity contribution in [2.24, 2.45) is 0 Å². The first-order valence-corrected chi connectivity index (χ1v) is 10.8. The Morgan fingerprint density at radius 2 is 1.73 bits per heavy atom. The molecule has 0 aliphatic rings. The Bertz CT molecular complexity index is 1310. The molecule has 13 heteroatoms. The van der Waals surface area contributed by atoms with Crippen LogP contribution in [0.25, 0.3) is 5.69 Å². The molecule has 0 saturated heterocycles. The van der Waals surface area contributed by atoms with Crippen molar-refractivity contribution in [2.45, 2.75) is 37.5 Å². The third-order valence-electron chi connectivity index (χ3n) is 5.88. The number of halogens is 6. The fourth-order valence-corrected chi connectivity index (χ4v) is 4.00. The number of hydrogen-bond acceptors (Lipinski definition) is 5. The maximum absolute atomic E-state index is 14.1. The van der Waals surface area contributed by atoms with Gasteiger partial charge in [-0.2, -0.15) is 18.3 Å². The molecule has 1 atom stereocenters. The number of aromatic nitrogens is 2. The summed E-state index contributed by atoms with van der Waals surface area (Å²) in [4.78, 5) is 12.7. The number of methoxy groups -OCH3 is 1. The monoisotopic (exact) mass is 530 g/mol. The maximum atomic E-state index is 14.1. The van der Waals surface area contributed by atoms with Gasteiger partial charge in [0.05, 0.1) is 19.9 Å². The number of nitrogens with two attached hydrogens (primary N) is 1. The van der Waals surface area contributed by atoms with Gasteiger partial charge in [0.1, 0.15) is 34.5 Å². The van der Waals surface area contributed by atoms with Crippen LogP contribution in [0, 0.1) is 17.5 Å². The molecule has 7 nitrogen and oxygen atoms in total. The zero-order chi connectivity index (χ0) is 27.8. The molecule has 0 saturated carbocycles. The molecule has 200 valence electrons. The van der Waals surface area contributed by atoms with Crippen molar-refractivity contribution in [1.82, 2.24) is 15.1 Å². The summed E-state index contributed by atoms with van der Waals surface area (Å²) in [5.74, 6) is -4.05. The Morgan fingerprint density at radius 3 is 2.32 bits per heavy atom. The molecule has 1 aromatic heterocycles. The highest BCUT2D eigenvalue weighted by atomic mass is 19.4. The number of nitrogen functional groups attached to an aromatic ring is 1. The van der Waals surface area contributed by atoms with Crippen LogP contribution < -0.4 is 15.8 Å². The first kappa shape index (κ1) is 27.8. The van der Waals surface area contributed by atoms with E-state index >= 15 is 0 Å². The first-order chi connectivity index (χ1) is 17.1. The first-order valence-electron chi connectivity index (χ1n) is 10.8. The molecule has 0 aliphatic heterocycles. The predicted octanol–water partition coefficient (Wildman–Crippen LogP) is 4.27. The van der Waals surface area contributed by atoms with E-state index in [9.17, 15) is 36.2 Å². The van der Waals surface area contributed by atoms with Gasteiger partial charge in [0.15, 0.2) is 11.4 Å². The number of nitrogens with one attached hydrogen (secondary N) is 1. The average Bonchev–Trinajstić information content (AvgIpc) is 3.17. The van der Waals surface area contributed by atoms with Crippen LogP contribution in [0.15, 0.2) is 42.6 Å². The number of carbonyl (C=O) groups is 1. The highest BCUT2D eigenvalue weighted by molar-refractivity contribution is 5.98. The fraction of sp³-hybridized carbons (Fsp3) is 0.333. The zero-order valence-electron chi connectivity index (χ0n) is 20.0. The molecule has 1 heterocycles. The molecule has 0 bridgehead atoms. The van der Waals surface area contributed by atoms with E-state index in [1.165, 1.54) is 27.0 Å². The van der Waals surface area contributed by atoms with Crippen molar-refractivity contribution in [1.29, 1.82) is 0 Å². The van der Waals surface area contributed by atoms with Crippen molar-refractivity contribution >= 4 is 11.7 Å². The largest absolute Gasteiger partial charge is 0.496 e. The number of carbonyl (C=O) groups excluding carboxylic acids is 1.